The number of fused-ring (bicyclic) bond motifs is 2. The summed E-state index contributed by atoms with van der Waals surface area (Å²) in [6.45, 7) is 0.758. The van der Waals surface area contributed by atoms with Crippen LogP contribution in [0.3, 0.4) is 0 Å². The fourth-order valence-corrected chi connectivity index (χ4v) is 1.97. The first kappa shape index (κ1) is 8.52. The Morgan fingerprint density at radius 3 is 3.00 bits per heavy atom. The maximum Gasteiger partial charge on any atom is 0.281 e. The van der Waals surface area contributed by atoms with E-state index in [4.69, 9.17) is 0 Å². The highest BCUT2D eigenvalue weighted by molar-refractivity contribution is 5.67. The lowest BCUT2D eigenvalue weighted by Crippen LogP contribution is -2.29. The van der Waals surface area contributed by atoms with Gasteiger partial charge in [0, 0.05) is 25.4 Å². The highest BCUT2D eigenvalue weighted by Gasteiger charge is 2.15. The van der Waals surface area contributed by atoms with Crippen molar-refractivity contribution >= 4 is 11.2 Å². The molecule has 1 aliphatic heterocycles. The van der Waals surface area contributed by atoms with Crippen LogP contribution in [-0.4, -0.2) is 19.5 Å². The lowest BCUT2D eigenvalue weighted by Gasteiger charge is -2.16. The van der Waals surface area contributed by atoms with Crippen LogP contribution in [0.2, 0.25) is 0 Å². The van der Waals surface area contributed by atoms with Gasteiger partial charge in [-0.25, -0.2) is 15.0 Å². The SMILES string of the molecule is O=c1c2nccnc2nc2n1CCCC2. The number of hydrogen-bond acceptors (Lipinski definition) is 4. The van der Waals surface area contributed by atoms with Gasteiger partial charge in [0.15, 0.2) is 11.2 Å². The highest BCUT2D eigenvalue weighted by atomic mass is 16.1. The summed E-state index contributed by atoms with van der Waals surface area (Å²) in [5.74, 6) is 0.847. The lowest BCUT2D eigenvalue weighted by atomic mass is 10.1. The molecule has 0 fully saturated rings. The minimum Gasteiger partial charge on any atom is -0.295 e. The quantitative estimate of drug-likeness (QED) is 0.625. The van der Waals surface area contributed by atoms with Crippen molar-refractivity contribution in [3.63, 3.8) is 0 Å². The number of rotatable bonds is 0. The number of aromatic nitrogens is 4. The third kappa shape index (κ3) is 1.23. The average Bonchev–Trinajstić information content (AvgIpc) is 2.30. The molecule has 15 heavy (non-hydrogen) atoms. The van der Waals surface area contributed by atoms with Gasteiger partial charge in [0.05, 0.1) is 0 Å². The van der Waals surface area contributed by atoms with Crippen LogP contribution in [0.5, 0.6) is 0 Å². The average molecular weight is 202 g/mol. The van der Waals surface area contributed by atoms with E-state index in [2.05, 4.69) is 15.0 Å². The summed E-state index contributed by atoms with van der Waals surface area (Å²) in [5, 5.41) is 0. The maximum absolute atomic E-state index is 12.0. The van der Waals surface area contributed by atoms with Gasteiger partial charge in [-0.2, -0.15) is 0 Å². The molecule has 0 amide bonds. The second kappa shape index (κ2) is 3.12. The number of nitrogens with zero attached hydrogens (tertiary/aromatic N) is 4. The van der Waals surface area contributed by atoms with Crippen LogP contribution in [0.1, 0.15) is 18.7 Å². The molecule has 0 saturated heterocycles. The molecule has 1 aliphatic rings. The molecule has 0 atom stereocenters. The minimum absolute atomic E-state index is 0.0530. The summed E-state index contributed by atoms with van der Waals surface area (Å²) in [7, 11) is 0. The van der Waals surface area contributed by atoms with E-state index in [9.17, 15) is 4.79 Å². The normalized spacial score (nSPS) is 15.2. The van der Waals surface area contributed by atoms with E-state index in [1.54, 1.807) is 10.8 Å². The van der Waals surface area contributed by atoms with Crippen LogP contribution in [0.25, 0.3) is 11.2 Å². The summed E-state index contributed by atoms with van der Waals surface area (Å²) in [4.78, 5) is 24.5. The van der Waals surface area contributed by atoms with Gasteiger partial charge in [-0.05, 0) is 12.8 Å². The third-order valence-electron chi connectivity index (χ3n) is 2.71. The Morgan fingerprint density at radius 1 is 1.20 bits per heavy atom. The van der Waals surface area contributed by atoms with Crippen LogP contribution in [0, 0.1) is 0 Å². The molecule has 2 aromatic heterocycles. The van der Waals surface area contributed by atoms with Crippen LogP contribution in [-0.2, 0) is 13.0 Å². The van der Waals surface area contributed by atoms with Crippen LogP contribution in [0.15, 0.2) is 17.2 Å². The molecule has 3 rings (SSSR count). The molecule has 3 heterocycles. The van der Waals surface area contributed by atoms with Gasteiger partial charge in [0.1, 0.15) is 5.82 Å². The van der Waals surface area contributed by atoms with Gasteiger partial charge in [-0.3, -0.25) is 9.36 Å². The van der Waals surface area contributed by atoms with E-state index in [-0.39, 0.29) is 5.56 Å². The molecule has 0 radical (unpaired) electrons. The van der Waals surface area contributed by atoms with Crippen molar-refractivity contribution in [2.45, 2.75) is 25.8 Å². The van der Waals surface area contributed by atoms with E-state index < -0.39 is 0 Å². The van der Waals surface area contributed by atoms with Gasteiger partial charge in [0.25, 0.3) is 5.56 Å². The predicted molar refractivity (Wildman–Crippen MR) is 54.5 cm³/mol. The Hall–Kier alpha value is -1.78. The highest BCUT2D eigenvalue weighted by Crippen LogP contribution is 2.11. The molecule has 0 unspecified atom stereocenters. The molecule has 2 aromatic rings. The van der Waals surface area contributed by atoms with Crippen molar-refractivity contribution in [3.05, 3.63) is 28.6 Å². The molecule has 5 heteroatoms. The Bertz CT molecular complexity index is 575. The van der Waals surface area contributed by atoms with Gasteiger partial charge < -0.3 is 0 Å². The largest absolute Gasteiger partial charge is 0.295 e. The fourth-order valence-electron chi connectivity index (χ4n) is 1.97. The zero-order chi connectivity index (χ0) is 10.3. The van der Waals surface area contributed by atoms with Crippen LogP contribution in [0.4, 0.5) is 0 Å². The number of hydrogen-bond donors (Lipinski definition) is 0. The van der Waals surface area contributed by atoms with E-state index in [1.165, 1.54) is 6.20 Å². The smallest absolute Gasteiger partial charge is 0.281 e. The molecular weight excluding hydrogens is 192 g/mol. The van der Waals surface area contributed by atoms with E-state index >= 15 is 0 Å². The summed E-state index contributed by atoms with van der Waals surface area (Å²) in [6, 6.07) is 0. The van der Waals surface area contributed by atoms with Gasteiger partial charge in [0.2, 0.25) is 0 Å². The lowest BCUT2D eigenvalue weighted by molar-refractivity contribution is 0.500. The Morgan fingerprint density at radius 2 is 2.07 bits per heavy atom. The third-order valence-corrected chi connectivity index (χ3v) is 2.71. The Kier molecular flexibility index (Phi) is 1.77. The first-order chi connectivity index (χ1) is 7.36. The minimum atomic E-state index is -0.0530. The van der Waals surface area contributed by atoms with Gasteiger partial charge in [-0.15, -0.1) is 0 Å². The van der Waals surface area contributed by atoms with Crippen LogP contribution >= 0.6 is 0 Å². The summed E-state index contributed by atoms with van der Waals surface area (Å²) in [6.07, 6.45) is 6.09. The van der Waals surface area contributed by atoms with Crippen molar-refractivity contribution < 1.29 is 0 Å². The van der Waals surface area contributed by atoms with E-state index in [1.807, 2.05) is 0 Å². The molecule has 5 nitrogen and oxygen atoms in total. The van der Waals surface area contributed by atoms with Crippen molar-refractivity contribution in [3.8, 4) is 0 Å². The molecule has 0 spiro atoms. The summed E-state index contributed by atoms with van der Waals surface area (Å²) >= 11 is 0. The first-order valence-corrected chi connectivity index (χ1v) is 5.07. The molecular formula is C10H10N4O. The summed E-state index contributed by atoms with van der Waals surface area (Å²) in [5.41, 5.74) is 0.793. The van der Waals surface area contributed by atoms with Crippen molar-refractivity contribution in [1.82, 2.24) is 19.5 Å². The Labute approximate surface area is 85.8 Å². The molecule has 0 saturated carbocycles. The second-order valence-electron chi connectivity index (χ2n) is 3.67. The number of aryl methyl sites for hydroxylation is 1. The first-order valence-electron chi connectivity index (χ1n) is 5.07. The zero-order valence-corrected chi connectivity index (χ0v) is 8.18. The van der Waals surface area contributed by atoms with E-state index in [0.717, 1.165) is 31.6 Å². The molecule has 0 aliphatic carbocycles. The van der Waals surface area contributed by atoms with Gasteiger partial charge in [-0.1, -0.05) is 0 Å². The fraction of sp³-hybridized carbons (Fsp3) is 0.400. The van der Waals surface area contributed by atoms with Crippen molar-refractivity contribution in [1.29, 1.82) is 0 Å². The monoisotopic (exact) mass is 202 g/mol. The van der Waals surface area contributed by atoms with Crippen LogP contribution < -0.4 is 5.56 Å². The van der Waals surface area contributed by atoms with Gasteiger partial charge >= 0.3 is 0 Å². The van der Waals surface area contributed by atoms with Crippen molar-refractivity contribution in [2.75, 3.05) is 0 Å². The van der Waals surface area contributed by atoms with E-state index in [0.29, 0.717) is 11.2 Å². The zero-order valence-electron chi connectivity index (χ0n) is 8.18. The molecule has 76 valence electrons. The second-order valence-corrected chi connectivity index (χ2v) is 3.67. The topological polar surface area (TPSA) is 60.7 Å². The van der Waals surface area contributed by atoms with Crippen molar-refractivity contribution in [2.24, 2.45) is 0 Å². The summed E-state index contributed by atoms with van der Waals surface area (Å²) < 4.78 is 1.72. The molecule has 0 aromatic carbocycles. The molecule has 0 bridgehead atoms. The predicted octanol–water partition coefficient (Wildman–Crippen LogP) is 0.523. The standard InChI is InChI=1S/C10H10N4O/c15-10-8-9(12-5-4-11-8)13-7-3-1-2-6-14(7)10/h4-5H,1-3,6H2. The molecule has 0 N–H and O–H groups in total. The maximum atomic E-state index is 12.0. The Balaban J connectivity index is 2.41.